The minimum absolute atomic E-state index is 0.138. The van der Waals surface area contributed by atoms with E-state index >= 15 is 0 Å². The first-order chi connectivity index (χ1) is 18.4. The molecule has 0 aliphatic rings. The number of aliphatic hydroxyl groups excluding tert-OH is 1. The molecular weight excluding hydrogens is 493 g/mol. The van der Waals surface area contributed by atoms with Gasteiger partial charge in [0.05, 0.1) is 24.4 Å². The summed E-state index contributed by atoms with van der Waals surface area (Å²) in [5, 5.41) is 23.6. The smallest absolute Gasteiger partial charge is 0.336 e. The molecule has 0 saturated heterocycles. The van der Waals surface area contributed by atoms with Gasteiger partial charge in [-0.15, -0.1) is 0 Å². The Hall–Kier alpha value is -3.32. The summed E-state index contributed by atoms with van der Waals surface area (Å²) in [7, 11) is 0. The van der Waals surface area contributed by atoms with Gasteiger partial charge in [-0.1, -0.05) is 54.1 Å². The van der Waals surface area contributed by atoms with E-state index in [1.54, 1.807) is 25.1 Å². The third-order valence-electron chi connectivity index (χ3n) is 6.67. The molecule has 39 heavy (non-hydrogen) atoms. The number of aliphatic hydroxyl groups is 1. The van der Waals surface area contributed by atoms with Crippen LogP contribution in [0.2, 0.25) is 0 Å². The molecule has 1 unspecified atom stereocenters. The maximum absolute atomic E-state index is 13.9. The number of carbonyl (C=O) groups is 1. The number of nitrogens with one attached hydrogen (secondary N) is 1. The quantitative estimate of drug-likeness (QED) is 0.234. The van der Waals surface area contributed by atoms with Gasteiger partial charge < -0.3 is 20.3 Å². The topological polar surface area (TPSA) is 78.8 Å². The van der Waals surface area contributed by atoms with Crippen molar-refractivity contribution in [3.05, 3.63) is 99.9 Å². The number of aromatic carboxylic acids is 1. The van der Waals surface area contributed by atoms with Crippen LogP contribution in [0.1, 0.15) is 73.3 Å². The summed E-state index contributed by atoms with van der Waals surface area (Å²) in [5.74, 6) is -1.17. The summed E-state index contributed by atoms with van der Waals surface area (Å²) in [4.78, 5) is 11.7. The van der Waals surface area contributed by atoms with Gasteiger partial charge in [-0.3, -0.25) is 0 Å². The molecule has 3 N–H and O–H groups in total. The average molecular weight is 534 g/mol. The van der Waals surface area contributed by atoms with Crippen LogP contribution in [0.4, 0.5) is 4.39 Å². The number of allylic oxidation sites excluding steroid dienone is 1. The van der Waals surface area contributed by atoms with E-state index in [-0.39, 0.29) is 29.6 Å². The summed E-state index contributed by atoms with van der Waals surface area (Å²) in [6.45, 7) is 12.1. The Kier molecular flexibility index (Phi) is 10.2. The highest BCUT2D eigenvalue weighted by atomic mass is 19.1. The number of halogens is 1. The predicted molar refractivity (Wildman–Crippen MR) is 155 cm³/mol. The molecule has 0 aromatic heterocycles. The predicted octanol–water partition coefficient (Wildman–Crippen LogP) is 6.97. The number of carboxylic acids is 1. The van der Waals surface area contributed by atoms with Crippen LogP contribution in [0.5, 0.6) is 0 Å². The van der Waals surface area contributed by atoms with Crippen LogP contribution in [-0.4, -0.2) is 41.0 Å². The van der Waals surface area contributed by atoms with Gasteiger partial charge in [-0.25, -0.2) is 9.18 Å². The Balaban J connectivity index is 1.65. The van der Waals surface area contributed by atoms with Crippen LogP contribution in [-0.2, 0) is 11.2 Å². The lowest BCUT2D eigenvalue weighted by Crippen LogP contribution is -2.46. The van der Waals surface area contributed by atoms with Crippen LogP contribution in [0.3, 0.4) is 0 Å². The third-order valence-corrected chi connectivity index (χ3v) is 6.67. The van der Waals surface area contributed by atoms with Crippen molar-refractivity contribution < 1.29 is 24.1 Å². The van der Waals surface area contributed by atoms with E-state index in [2.05, 4.69) is 5.32 Å². The van der Waals surface area contributed by atoms with Gasteiger partial charge in [0, 0.05) is 12.1 Å². The zero-order valence-electron chi connectivity index (χ0n) is 23.7. The highest BCUT2D eigenvalue weighted by Crippen LogP contribution is 2.32. The van der Waals surface area contributed by atoms with E-state index in [4.69, 9.17) is 4.74 Å². The third kappa shape index (κ3) is 8.59. The minimum atomic E-state index is -0.962. The number of hydrogen-bond acceptors (Lipinski definition) is 4. The maximum atomic E-state index is 13.9. The van der Waals surface area contributed by atoms with E-state index in [9.17, 15) is 19.4 Å². The van der Waals surface area contributed by atoms with Crippen molar-refractivity contribution in [1.29, 1.82) is 0 Å². The molecule has 0 heterocycles. The van der Waals surface area contributed by atoms with Crippen molar-refractivity contribution in [2.75, 3.05) is 13.2 Å². The van der Waals surface area contributed by atoms with Gasteiger partial charge in [0.25, 0.3) is 0 Å². The second kappa shape index (κ2) is 13.2. The Morgan fingerprint density at radius 1 is 1.10 bits per heavy atom. The summed E-state index contributed by atoms with van der Waals surface area (Å²) in [5.41, 5.74) is 5.90. The fourth-order valence-corrected chi connectivity index (χ4v) is 4.59. The van der Waals surface area contributed by atoms with Gasteiger partial charge in [0.1, 0.15) is 5.82 Å². The number of β-amino-alcohol motifs (C(OH)–C–C–N with tert-alkyl or cyclic N) is 1. The molecule has 0 bridgehead atoms. The van der Waals surface area contributed by atoms with Crippen LogP contribution >= 0.6 is 0 Å². The highest BCUT2D eigenvalue weighted by molar-refractivity contribution is 5.93. The maximum Gasteiger partial charge on any atom is 0.336 e. The zero-order chi connectivity index (χ0) is 28.7. The Bertz CT molecular complexity index is 1330. The van der Waals surface area contributed by atoms with E-state index < -0.39 is 12.1 Å². The van der Waals surface area contributed by atoms with Gasteiger partial charge in [0.15, 0.2) is 0 Å². The normalized spacial score (nSPS) is 13.1. The summed E-state index contributed by atoms with van der Waals surface area (Å²) in [6.07, 6.45) is 1.46. The average Bonchev–Trinajstić information content (AvgIpc) is 2.87. The van der Waals surface area contributed by atoms with E-state index in [1.807, 2.05) is 83.2 Å². The van der Waals surface area contributed by atoms with Crippen molar-refractivity contribution in [2.24, 2.45) is 0 Å². The Morgan fingerprint density at radius 3 is 2.49 bits per heavy atom. The SMILES string of the molecule is CC(C)=Cc1cc(-c2ccccc2C(C)OC[C@@H](O)CNC(C)(C)Cc2ccc(C)c(F)c2)ccc1C(=O)O. The van der Waals surface area contributed by atoms with Crippen LogP contribution in [0.15, 0.2) is 66.2 Å². The van der Waals surface area contributed by atoms with Gasteiger partial charge in [-0.05, 0) is 99.5 Å². The molecule has 0 saturated carbocycles. The molecule has 0 spiro atoms. The van der Waals surface area contributed by atoms with Crippen LogP contribution in [0, 0.1) is 12.7 Å². The number of hydrogen-bond donors (Lipinski definition) is 3. The molecule has 208 valence electrons. The number of rotatable bonds is 12. The molecule has 0 fully saturated rings. The summed E-state index contributed by atoms with van der Waals surface area (Å²) >= 11 is 0. The van der Waals surface area contributed by atoms with Crippen molar-refractivity contribution in [3.63, 3.8) is 0 Å². The van der Waals surface area contributed by atoms with Crippen molar-refractivity contribution >= 4 is 12.0 Å². The standard InChI is InChI=1S/C33H40FNO4/c1-21(2)15-26-17-25(13-14-30(26)32(37)38)29-10-8-7-9-28(29)23(4)39-20-27(36)19-35-33(5,6)18-24-12-11-22(3)31(34)16-24/h7-17,23,27,35-36H,18-20H2,1-6H3,(H,37,38)/t23?,27-/m0/s1. The molecule has 0 amide bonds. The fourth-order valence-electron chi connectivity index (χ4n) is 4.59. The molecule has 0 radical (unpaired) electrons. The molecule has 0 aliphatic heterocycles. The number of ether oxygens (including phenoxy) is 1. The Morgan fingerprint density at radius 2 is 1.82 bits per heavy atom. The van der Waals surface area contributed by atoms with Gasteiger partial charge in [-0.2, -0.15) is 0 Å². The second-order valence-electron chi connectivity index (χ2n) is 11.1. The van der Waals surface area contributed by atoms with Gasteiger partial charge >= 0.3 is 5.97 Å². The second-order valence-corrected chi connectivity index (χ2v) is 11.1. The molecule has 0 aliphatic carbocycles. The first-order valence-corrected chi connectivity index (χ1v) is 13.3. The first kappa shape index (κ1) is 30.2. The minimum Gasteiger partial charge on any atom is -0.478 e. The van der Waals surface area contributed by atoms with E-state index in [1.165, 1.54) is 0 Å². The lowest BCUT2D eigenvalue weighted by atomic mass is 9.93. The molecule has 6 heteroatoms. The first-order valence-electron chi connectivity index (χ1n) is 13.3. The van der Waals surface area contributed by atoms with Crippen molar-refractivity contribution in [1.82, 2.24) is 5.32 Å². The van der Waals surface area contributed by atoms with Crippen LogP contribution in [0.25, 0.3) is 17.2 Å². The highest BCUT2D eigenvalue weighted by Gasteiger charge is 2.21. The van der Waals surface area contributed by atoms with Crippen molar-refractivity contribution in [3.8, 4) is 11.1 Å². The molecule has 2 atom stereocenters. The molecule has 3 aromatic rings. The van der Waals surface area contributed by atoms with E-state index in [0.29, 0.717) is 24.1 Å². The monoisotopic (exact) mass is 533 g/mol. The lowest BCUT2D eigenvalue weighted by molar-refractivity contribution is -0.00397. The van der Waals surface area contributed by atoms with E-state index in [0.717, 1.165) is 27.8 Å². The number of carboxylic acid groups (broad SMARTS) is 1. The van der Waals surface area contributed by atoms with Gasteiger partial charge in [0.2, 0.25) is 0 Å². The largest absolute Gasteiger partial charge is 0.478 e. The summed E-state index contributed by atoms with van der Waals surface area (Å²) in [6, 6.07) is 18.5. The molecular formula is C33H40FNO4. The van der Waals surface area contributed by atoms with Crippen molar-refractivity contribution in [2.45, 2.75) is 65.7 Å². The Labute approximate surface area is 231 Å². The molecule has 3 aromatic carbocycles. The van der Waals surface area contributed by atoms with Crippen LogP contribution < -0.4 is 5.32 Å². The zero-order valence-corrected chi connectivity index (χ0v) is 23.7. The summed E-state index contributed by atoms with van der Waals surface area (Å²) < 4.78 is 20.0. The number of benzene rings is 3. The molecule has 5 nitrogen and oxygen atoms in total. The lowest BCUT2D eigenvalue weighted by Gasteiger charge is -2.28. The number of aryl methyl sites for hydroxylation is 1. The molecule has 3 rings (SSSR count). The fraction of sp³-hybridized carbons (Fsp3) is 0.364.